The van der Waals surface area contributed by atoms with Crippen molar-refractivity contribution in [1.82, 2.24) is 14.3 Å². The van der Waals surface area contributed by atoms with Crippen molar-refractivity contribution in [3.05, 3.63) is 64.5 Å². The largest absolute Gasteiger partial charge is 0.490 e. The SMILES string of the molecule is O=C(c1cn2cc(Cl)ccc2n1)N1CCC(Oc2ccc(Cl)cc2)CC1. The maximum absolute atomic E-state index is 12.7. The van der Waals surface area contributed by atoms with Gasteiger partial charge >= 0.3 is 0 Å². The van der Waals surface area contributed by atoms with Crippen LogP contribution in [0.3, 0.4) is 0 Å². The molecule has 0 radical (unpaired) electrons. The molecule has 0 spiro atoms. The van der Waals surface area contributed by atoms with E-state index in [4.69, 9.17) is 27.9 Å². The quantitative estimate of drug-likeness (QED) is 0.669. The third-order valence-electron chi connectivity index (χ3n) is 4.48. The summed E-state index contributed by atoms with van der Waals surface area (Å²) in [6.45, 7) is 1.29. The molecule has 134 valence electrons. The minimum atomic E-state index is -0.0604. The topological polar surface area (TPSA) is 46.8 Å². The number of aromatic nitrogens is 2. The Morgan fingerprint density at radius 3 is 2.42 bits per heavy atom. The number of pyridine rings is 1. The summed E-state index contributed by atoms with van der Waals surface area (Å²) >= 11 is 11.9. The minimum absolute atomic E-state index is 0.0604. The second-order valence-corrected chi connectivity index (χ2v) is 7.18. The van der Waals surface area contributed by atoms with Gasteiger partial charge in [-0.25, -0.2) is 4.98 Å². The van der Waals surface area contributed by atoms with E-state index in [9.17, 15) is 4.79 Å². The third-order valence-corrected chi connectivity index (χ3v) is 4.96. The number of amides is 1. The molecule has 4 rings (SSSR count). The van der Waals surface area contributed by atoms with Crippen LogP contribution in [0.15, 0.2) is 48.8 Å². The lowest BCUT2D eigenvalue weighted by Gasteiger charge is -2.31. The molecule has 0 unspecified atom stereocenters. The van der Waals surface area contributed by atoms with Crippen LogP contribution >= 0.6 is 23.2 Å². The Bertz CT molecular complexity index is 932. The number of carbonyl (C=O) groups is 1. The molecular formula is C19H17Cl2N3O2. The maximum atomic E-state index is 12.7. The van der Waals surface area contributed by atoms with Crippen LogP contribution < -0.4 is 4.74 Å². The molecule has 7 heteroatoms. The lowest BCUT2D eigenvalue weighted by molar-refractivity contribution is 0.0591. The van der Waals surface area contributed by atoms with Crippen molar-refractivity contribution < 1.29 is 9.53 Å². The van der Waals surface area contributed by atoms with Gasteiger partial charge in [0.2, 0.25) is 0 Å². The number of nitrogens with zero attached hydrogens (tertiary/aromatic N) is 3. The molecule has 1 aliphatic heterocycles. The molecule has 0 N–H and O–H groups in total. The maximum Gasteiger partial charge on any atom is 0.274 e. The van der Waals surface area contributed by atoms with Gasteiger partial charge in [0, 0.05) is 43.3 Å². The lowest BCUT2D eigenvalue weighted by atomic mass is 10.1. The summed E-state index contributed by atoms with van der Waals surface area (Å²) in [4.78, 5) is 18.9. The predicted octanol–water partition coefficient (Wildman–Crippen LogP) is 4.32. The second-order valence-electron chi connectivity index (χ2n) is 6.30. The van der Waals surface area contributed by atoms with Crippen molar-refractivity contribution in [3.63, 3.8) is 0 Å². The zero-order valence-corrected chi connectivity index (χ0v) is 15.5. The van der Waals surface area contributed by atoms with Crippen molar-refractivity contribution in [1.29, 1.82) is 0 Å². The zero-order valence-electron chi connectivity index (χ0n) is 13.9. The van der Waals surface area contributed by atoms with Gasteiger partial charge in [-0.2, -0.15) is 0 Å². The average molecular weight is 390 g/mol. The Balaban J connectivity index is 1.38. The highest BCUT2D eigenvalue weighted by Crippen LogP contribution is 2.22. The Morgan fingerprint density at radius 2 is 1.69 bits per heavy atom. The van der Waals surface area contributed by atoms with Crippen LogP contribution in [-0.4, -0.2) is 39.4 Å². The highest BCUT2D eigenvalue weighted by Gasteiger charge is 2.26. The van der Waals surface area contributed by atoms with E-state index in [1.165, 1.54) is 0 Å². The Labute approximate surface area is 161 Å². The number of imidazole rings is 1. The molecular weight excluding hydrogens is 373 g/mol. The van der Waals surface area contributed by atoms with Crippen LogP contribution in [0.4, 0.5) is 0 Å². The summed E-state index contributed by atoms with van der Waals surface area (Å²) in [5.74, 6) is 0.742. The van der Waals surface area contributed by atoms with E-state index in [2.05, 4.69) is 4.98 Å². The van der Waals surface area contributed by atoms with Gasteiger partial charge in [-0.15, -0.1) is 0 Å². The number of hydrogen-bond acceptors (Lipinski definition) is 3. The van der Waals surface area contributed by atoms with E-state index >= 15 is 0 Å². The normalized spacial score (nSPS) is 15.4. The van der Waals surface area contributed by atoms with E-state index < -0.39 is 0 Å². The molecule has 0 atom stereocenters. The molecule has 0 aliphatic carbocycles. The minimum Gasteiger partial charge on any atom is -0.490 e. The molecule has 1 fully saturated rings. The fourth-order valence-corrected chi connectivity index (χ4v) is 3.41. The van der Waals surface area contributed by atoms with Crippen LogP contribution in [0.2, 0.25) is 10.0 Å². The van der Waals surface area contributed by atoms with Gasteiger partial charge in [-0.1, -0.05) is 23.2 Å². The first kappa shape index (κ1) is 17.2. The molecule has 0 saturated carbocycles. The van der Waals surface area contributed by atoms with Gasteiger partial charge in [0.05, 0.1) is 5.02 Å². The molecule has 1 saturated heterocycles. The molecule has 1 aliphatic rings. The summed E-state index contributed by atoms with van der Waals surface area (Å²) in [5.41, 5.74) is 1.14. The summed E-state index contributed by atoms with van der Waals surface area (Å²) in [7, 11) is 0. The summed E-state index contributed by atoms with van der Waals surface area (Å²) in [6.07, 6.45) is 5.13. The van der Waals surface area contributed by atoms with Gasteiger partial charge in [0.1, 0.15) is 23.2 Å². The number of hydrogen-bond donors (Lipinski definition) is 0. The van der Waals surface area contributed by atoms with Crippen molar-refractivity contribution in [2.75, 3.05) is 13.1 Å². The molecule has 26 heavy (non-hydrogen) atoms. The van der Waals surface area contributed by atoms with Crippen molar-refractivity contribution >= 4 is 34.8 Å². The first-order valence-corrected chi connectivity index (χ1v) is 9.20. The van der Waals surface area contributed by atoms with Gasteiger partial charge in [-0.05, 0) is 36.4 Å². The van der Waals surface area contributed by atoms with E-state index in [1.807, 2.05) is 29.2 Å². The first-order chi connectivity index (χ1) is 12.6. The second kappa shape index (κ2) is 7.17. The summed E-state index contributed by atoms with van der Waals surface area (Å²) < 4.78 is 7.74. The van der Waals surface area contributed by atoms with E-state index in [-0.39, 0.29) is 12.0 Å². The Kier molecular flexibility index (Phi) is 4.74. The number of likely N-dealkylation sites (tertiary alicyclic amines) is 1. The number of fused-ring (bicyclic) bond motifs is 1. The Morgan fingerprint density at radius 1 is 1.00 bits per heavy atom. The highest BCUT2D eigenvalue weighted by atomic mass is 35.5. The molecule has 1 aromatic carbocycles. The van der Waals surface area contributed by atoms with Gasteiger partial charge in [0.15, 0.2) is 0 Å². The highest BCUT2D eigenvalue weighted by molar-refractivity contribution is 6.30. The van der Waals surface area contributed by atoms with Crippen molar-refractivity contribution in [2.24, 2.45) is 0 Å². The van der Waals surface area contributed by atoms with Crippen LogP contribution in [0.5, 0.6) is 5.75 Å². The standard InChI is InChI=1S/C19H17Cl2N3O2/c20-13-1-4-15(5-2-13)26-16-7-9-23(10-8-16)19(25)17-12-24-11-14(21)3-6-18(24)22-17/h1-6,11-12,16H,7-10H2. The fourth-order valence-electron chi connectivity index (χ4n) is 3.11. The zero-order chi connectivity index (χ0) is 18.1. The van der Waals surface area contributed by atoms with Gasteiger partial charge in [-0.3, -0.25) is 4.79 Å². The monoisotopic (exact) mass is 389 g/mol. The number of benzene rings is 1. The number of rotatable bonds is 3. The van der Waals surface area contributed by atoms with Crippen LogP contribution in [0.1, 0.15) is 23.3 Å². The van der Waals surface area contributed by atoms with Gasteiger partial charge < -0.3 is 14.0 Å². The molecule has 3 heterocycles. The number of carbonyl (C=O) groups excluding carboxylic acids is 1. The first-order valence-electron chi connectivity index (χ1n) is 8.44. The molecule has 3 aromatic rings. The summed E-state index contributed by atoms with van der Waals surface area (Å²) in [6, 6.07) is 10.9. The van der Waals surface area contributed by atoms with Gasteiger partial charge in [0.25, 0.3) is 5.91 Å². The van der Waals surface area contributed by atoms with Crippen LogP contribution in [-0.2, 0) is 0 Å². The third kappa shape index (κ3) is 3.64. The van der Waals surface area contributed by atoms with Crippen molar-refractivity contribution in [2.45, 2.75) is 18.9 Å². The van der Waals surface area contributed by atoms with E-state index in [1.54, 1.807) is 28.9 Å². The molecule has 2 aromatic heterocycles. The van der Waals surface area contributed by atoms with E-state index in [0.29, 0.717) is 34.5 Å². The molecule has 1 amide bonds. The molecule has 0 bridgehead atoms. The smallest absolute Gasteiger partial charge is 0.274 e. The number of ether oxygens (including phenoxy) is 1. The fraction of sp³-hybridized carbons (Fsp3) is 0.263. The van der Waals surface area contributed by atoms with Crippen molar-refractivity contribution in [3.8, 4) is 5.75 Å². The predicted molar refractivity (Wildman–Crippen MR) is 101 cm³/mol. The van der Waals surface area contributed by atoms with E-state index in [0.717, 1.165) is 18.6 Å². The average Bonchev–Trinajstić information content (AvgIpc) is 3.07. The number of piperidine rings is 1. The van der Waals surface area contributed by atoms with Crippen LogP contribution in [0.25, 0.3) is 5.65 Å². The Hall–Kier alpha value is -2.24. The lowest BCUT2D eigenvalue weighted by Crippen LogP contribution is -2.41. The number of halogens is 2. The summed E-state index contributed by atoms with van der Waals surface area (Å²) in [5, 5.41) is 1.29. The van der Waals surface area contributed by atoms with Crippen LogP contribution in [0, 0.1) is 0 Å². The molecule has 5 nitrogen and oxygen atoms in total.